The van der Waals surface area contributed by atoms with Gasteiger partial charge in [0.1, 0.15) is 6.10 Å². The van der Waals surface area contributed by atoms with Crippen molar-refractivity contribution in [2.24, 2.45) is 0 Å². The monoisotopic (exact) mass is 368 g/mol. The summed E-state index contributed by atoms with van der Waals surface area (Å²) in [6.45, 7) is 0. The molecule has 3 atom stereocenters. The van der Waals surface area contributed by atoms with Crippen molar-refractivity contribution in [2.45, 2.75) is 29.5 Å². The molecular weight excluding hydrogens is 348 g/mol. The van der Waals surface area contributed by atoms with E-state index in [9.17, 15) is 4.79 Å². The molecule has 0 spiro atoms. The molecule has 3 unspecified atom stereocenters. The first kappa shape index (κ1) is 17.5. The summed E-state index contributed by atoms with van der Waals surface area (Å²) in [5, 5.41) is 0. The van der Waals surface area contributed by atoms with E-state index in [1.165, 1.54) is 11.8 Å². The van der Waals surface area contributed by atoms with Crippen LogP contribution in [0.4, 0.5) is 0 Å². The average Bonchev–Trinajstić information content (AvgIpc) is 3.26. The van der Waals surface area contributed by atoms with Gasteiger partial charge in [-0.05, 0) is 18.6 Å². The van der Waals surface area contributed by atoms with E-state index in [0.29, 0.717) is 17.7 Å². The highest BCUT2D eigenvalue weighted by atomic mass is 32.2. The first-order valence-electron chi connectivity index (χ1n) is 8.59. The maximum Gasteiger partial charge on any atom is 0.312 e. The Morgan fingerprint density at radius 1 is 1.12 bits per heavy atom. The van der Waals surface area contributed by atoms with Gasteiger partial charge < -0.3 is 14.2 Å². The fourth-order valence-electron chi connectivity index (χ4n) is 3.34. The number of ketones is 1. The van der Waals surface area contributed by atoms with Gasteiger partial charge in [-0.2, -0.15) is 0 Å². The minimum Gasteiger partial charge on any atom is -0.327 e. The molecule has 1 heterocycles. The number of carbonyl (C=O) groups is 1. The quantitative estimate of drug-likeness (QED) is 0.723. The van der Waals surface area contributed by atoms with E-state index in [-0.39, 0.29) is 18.0 Å². The van der Waals surface area contributed by atoms with Gasteiger partial charge in [-0.15, -0.1) is 11.8 Å². The Morgan fingerprint density at radius 2 is 1.81 bits per heavy atom. The van der Waals surface area contributed by atoms with E-state index in [0.717, 1.165) is 10.5 Å². The number of hydrogen-bond acceptors (Lipinski definition) is 5. The van der Waals surface area contributed by atoms with Crippen LogP contribution in [0, 0.1) is 0 Å². The third-order valence-corrected chi connectivity index (χ3v) is 5.65. The topological polar surface area (TPSA) is 44.8 Å². The fraction of sp³-hybridized carbons (Fsp3) is 0.286. The van der Waals surface area contributed by atoms with Crippen LogP contribution in [0.25, 0.3) is 0 Å². The molecule has 4 nitrogen and oxygen atoms in total. The van der Waals surface area contributed by atoms with Crippen LogP contribution >= 0.6 is 11.8 Å². The van der Waals surface area contributed by atoms with Gasteiger partial charge >= 0.3 is 5.97 Å². The standard InChI is InChI=1S/C21H20O4S/c1-23-21(15-8-4-2-5-9-15)24-19-13-12-17(20(19)25-21)18(22)14-26-16-10-6-3-7-11-16/h2-12,19-20H,13-14H2,1H3. The van der Waals surface area contributed by atoms with E-state index in [1.54, 1.807) is 7.11 Å². The number of hydrogen-bond donors (Lipinski definition) is 0. The van der Waals surface area contributed by atoms with Crippen LogP contribution in [0.1, 0.15) is 12.0 Å². The van der Waals surface area contributed by atoms with E-state index in [1.807, 2.05) is 66.7 Å². The molecule has 0 N–H and O–H groups in total. The van der Waals surface area contributed by atoms with E-state index >= 15 is 0 Å². The Labute approximate surface area is 157 Å². The molecule has 0 saturated carbocycles. The number of benzene rings is 2. The largest absolute Gasteiger partial charge is 0.327 e. The summed E-state index contributed by atoms with van der Waals surface area (Å²) in [5.74, 6) is -0.786. The summed E-state index contributed by atoms with van der Waals surface area (Å²) in [6.07, 6.45) is 2.00. The molecule has 1 aliphatic heterocycles. The first-order chi connectivity index (χ1) is 12.7. The number of Topliss-reactive ketones (excluding diaryl/α,β-unsaturated/α-hetero) is 1. The minimum absolute atomic E-state index is 0.0786. The van der Waals surface area contributed by atoms with Crippen LogP contribution in [-0.4, -0.2) is 30.9 Å². The number of ether oxygens (including phenoxy) is 3. The normalized spacial score (nSPS) is 27.2. The molecule has 134 valence electrons. The van der Waals surface area contributed by atoms with Crippen molar-refractivity contribution < 1.29 is 19.0 Å². The Morgan fingerprint density at radius 3 is 2.50 bits per heavy atom. The summed E-state index contributed by atoms with van der Waals surface area (Å²) in [4.78, 5) is 13.8. The second kappa shape index (κ2) is 7.37. The molecule has 2 aromatic carbocycles. The van der Waals surface area contributed by atoms with Crippen molar-refractivity contribution in [1.29, 1.82) is 0 Å². The van der Waals surface area contributed by atoms with Gasteiger partial charge in [-0.3, -0.25) is 4.79 Å². The van der Waals surface area contributed by atoms with Crippen molar-refractivity contribution in [3.8, 4) is 0 Å². The zero-order chi connectivity index (χ0) is 18.0. The van der Waals surface area contributed by atoms with Gasteiger partial charge in [-0.25, -0.2) is 0 Å². The summed E-state index contributed by atoms with van der Waals surface area (Å²) in [5.41, 5.74) is 1.48. The SMILES string of the molecule is COC1(c2ccccc2)OC2CC=C(C(=O)CSc3ccccc3)C2O1. The molecule has 26 heavy (non-hydrogen) atoms. The molecule has 2 aliphatic rings. The van der Waals surface area contributed by atoms with Crippen LogP contribution < -0.4 is 0 Å². The van der Waals surface area contributed by atoms with E-state index in [4.69, 9.17) is 14.2 Å². The maximum absolute atomic E-state index is 12.7. The van der Waals surface area contributed by atoms with Gasteiger partial charge in [0.15, 0.2) is 5.78 Å². The highest BCUT2D eigenvalue weighted by Gasteiger charge is 2.53. The molecule has 0 amide bonds. The fourth-order valence-corrected chi connectivity index (χ4v) is 4.15. The summed E-state index contributed by atoms with van der Waals surface area (Å²) < 4.78 is 17.8. The second-order valence-electron chi connectivity index (χ2n) is 6.24. The summed E-state index contributed by atoms with van der Waals surface area (Å²) >= 11 is 1.53. The van der Waals surface area contributed by atoms with E-state index in [2.05, 4.69) is 0 Å². The lowest BCUT2D eigenvalue weighted by Crippen LogP contribution is -2.31. The smallest absolute Gasteiger partial charge is 0.312 e. The molecule has 2 aromatic rings. The molecule has 0 bridgehead atoms. The molecule has 5 heteroatoms. The highest BCUT2D eigenvalue weighted by Crippen LogP contribution is 2.44. The third-order valence-electron chi connectivity index (χ3n) is 4.63. The van der Waals surface area contributed by atoms with Gasteiger partial charge in [0, 0.05) is 23.1 Å². The lowest BCUT2D eigenvalue weighted by molar-refractivity contribution is -0.342. The second-order valence-corrected chi connectivity index (χ2v) is 7.29. The Balaban J connectivity index is 1.47. The number of carbonyl (C=O) groups excluding carboxylic acids is 1. The zero-order valence-corrected chi connectivity index (χ0v) is 15.3. The van der Waals surface area contributed by atoms with Crippen LogP contribution in [0.15, 0.2) is 77.2 Å². The number of rotatable bonds is 6. The van der Waals surface area contributed by atoms with Gasteiger partial charge in [-0.1, -0.05) is 54.6 Å². The summed E-state index contributed by atoms with van der Waals surface area (Å²) in [6, 6.07) is 19.5. The Hall–Kier alpha value is -1.92. The van der Waals surface area contributed by atoms with Crippen LogP contribution in [-0.2, 0) is 25.0 Å². The molecule has 1 aliphatic carbocycles. The lowest BCUT2D eigenvalue weighted by atomic mass is 10.1. The van der Waals surface area contributed by atoms with Crippen molar-refractivity contribution in [2.75, 3.05) is 12.9 Å². The van der Waals surface area contributed by atoms with Crippen LogP contribution in [0.5, 0.6) is 0 Å². The minimum atomic E-state index is -1.25. The van der Waals surface area contributed by atoms with E-state index < -0.39 is 5.97 Å². The maximum atomic E-state index is 12.7. The number of methoxy groups -OCH3 is 1. The van der Waals surface area contributed by atoms with Crippen molar-refractivity contribution >= 4 is 17.5 Å². The van der Waals surface area contributed by atoms with Crippen LogP contribution in [0.3, 0.4) is 0 Å². The third kappa shape index (κ3) is 3.23. The molecule has 4 rings (SSSR count). The Bertz CT molecular complexity index is 805. The van der Waals surface area contributed by atoms with Gasteiger partial charge in [0.05, 0.1) is 11.9 Å². The molecule has 0 aromatic heterocycles. The van der Waals surface area contributed by atoms with Gasteiger partial charge in [0.25, 0.3) is 0 Å². The van der Waals surface area contributed by atoms with Gasteiger partial charge in [0.2, 0.25) is 0 Å². The molecule has 1 fully saturated rings. The molecule has 1 saturated heterocycles. The predicted molar refractivity (Wildman–Crippen MR) is 99.7 cm³/mol. The summed E-state index contributed by atoms with van der Waals surface area (Å²) in [7, 11) is 1.56. The number of fused-ring (bicyclic) bond motifs is 1. The Kier molecular flexibility index (Phi) is 4.96. The predicted octanol–water partition coefficient (Wildman–Crippen LogP) is 3.92. The molecule has 0 radical (unpaired) electrons. The van der Waals surface area contributed by atoms with Crippen molar-refractivity contribution in [3.63, 3.8) is 0 Å². The molecular formula is C21H20O4S. The average molecular weight is 368 g/mol. The number of thioether (sulfide) groups is 1. The lowest BCUT2D eigenvalue weighted by Gasteiger charge is -2.27. The van der Waals surface area contributed by atoms with Crippen molar-refractivity contribution in [1.82, 2.24) is 0 Å². The zero-order valence-electron chi connectivity index (χ0n) is 14.5. The van der Waals surface area contributed by atoms with Crippen LogP contribution in [0.2, 0.25) is 0 Å². The first-order valence-corrected chi connectivity index (χ1v) is 9.58. The van der Waals surface area contributed by atoms with Crippen molar-refractivity contribution in [3.05, 3.63) is 77.9 Å². The highest BCUT2D eigenvalue weighted by molar-refractivity contribution is 8.00.